The number of hydrogen-bond donors (Lipinski definition) is 0. The molecule has 0 aliphatic heterocycles. The molecule has 0 rings (SSSR count). The van der Waals surface area contributed by atoms with Crippen LogP contribution in [0, 0.1) is 0 Å². The standard InChI is InChI=1S/C4H5Cl3O2.C3H3Cl3O2/c1-2-9-3(8)4(5,6)7;1-8-2(7)3(4,5)6/h2H2,1H3;1H3. The maximum atomic E-state index is 10.4. The first-order valence-electron chi connectivity index (χ1n) is 3.85. The molecule has 102 valence electrons. The third-order valence-electron chi connectivity index (χ3n) is 0.924. The van der Waals surface area contributed by atoms with Crippen molar-refractivity contribution in [2.24, 2.45) is 0 Å². The van der Waals surface area contributed by atoms with E-state index in [0.717, 1.165) is 7.11 Å². The number of carbonyl (C=O) groups is 2. The molecule has 0 heterocycles. The molecular formula is C7H8Cl6O4. The van der Waals surface area contributed by atoms with E-state index in [0.29, 0.717) is 0 Å². The van der Waals surface area contributed by atoms with Gasteiger partial charge in [-0.2, -0.15) is 0 Å². The molecule has 0 amide bonds. The monoisotopic (exact) mass is 366 g/mol. The first-order valence-corrected chi connectivity index (χ1v) is 6.12. The first-order chi connectivity index (χ1) is 7.46. The van der Waals surface area contributed by atoms with Crippen LogP contribution in [0.25, 0.3) is 0 Å². The van der Waals surface area contributed by atoms with E-state index in [2.05, 4.69) is 9.47 Å². The van der Waals surface area contributed by atoms with Crippen LogP contribution in [-0.4, -0.2) is 33.2 Å². The van der Waals surface area contributed by atoms with E-state index in [1.165, 1.54) is 0 Å². The van der Waals surface area contributed by atoms with Gasteiger partial charge in [0.1, 0.15) is 0 Å². The van der Waals surface area contributed by atoms with Crippen molar-refractivity contribution in [1.29, 1.82) is 0 Å². The molecule has 0 aliphatic rings. The van der Waals surface area contributed by atoms with Gasteiger partial charge in [-0.1, -0.05) is 69.6 Å². The van der Waals surface area contributed by atoms with Crippen molar-refractivity contribution in [1.82, 2.24) is 0 Å². The SMILES string of the molecule is CCOC(=O)C(Cl)(Cl)Cl.COC(=O)C(Cl)(Cl)Cl. The second kappa shape index (κ2) is 8.73. The minimum Gasteiger partial charge on any atom is -0.466 e. The summed E-state index contributed by atoms with van der Waals surface area (Å²) in [6, 6.07) is 0. The number of halogens is 6. The van der Waals surface area contributed by atoms with E-state index in [1.807, 2.05) is 0 Å². The smallest absolute Gasteiger partial charge is 0.358 e. The van der Waals surface area contributed by atoms with Gasteiger partial charge in [-0.05, 0) is 6.92 Å². The van der Waals surface area contributed by atoms with Gasteiger partial charge in [-0.25, -0.2) is 9.59 Å². The summed E-state index contributed by atoms with van der Waals surface area (Å²) in [4.78, 5) is 20.7. The van der Waals surface area contributed by atoms with E-state index >= 15 is 0 Å². The van der Waals surface area contributed by atoms with E-state index in [-0.39, 0.29) is 6.61 Å². The van der Waals surface area contributed by atoms with Gasteiger partial charge in [-0.15, -0.1) is 0 Å². The Labute approximate surface area is 128 Å². The summed E-state index contributed by atoms with van der Waals surface area (Å²) in [5.74, 6) is -1.71. The number of rotatable bonds is 1. The number of hydrogen-bond acceptors (Lipinski definition) is 4. The zero-order valence-corrected chi connectivity index (χ0v) is 13.1. The second-order valence-corrected chi connectivity index (χ2v) is 6.77. The minimum absolute atomic E-state index is 0.215. The summed E-state index contributed by atoms with van der Waals surface area (Å²) in [6.45, 7) is 1.85. The molecule has 4 nitrogen and oxygen atoms in total. The molecule has 0 aromatic rings. The molecule has 0 aliphatic carbocycles. The van der Waals surface area contributed by atoms with Gasteiger partial charge in [0.2, 0.25) is 0 Å². The lowest BCUT2D eigenvalue weighted by Gasteiger charge is -2.07. The highest BCUT2D eigenvalue weighted by Gasteiger charge is 2.32. The number of alkyl halides is 6. The first kappa shape index (κ1) is 20.0. The van der Waals surface area contributed by atoms with Gasteiger partial charge in [-0.3, -0.25) is 0 Å². The topological polar surface area (TPSA) is 52.6 Å². The van der Waals surface area contributed by atoms with Crippen LogP contribution in [0.2, 0.25) is 0 Å². The van der Waals surface area contributed by atoms with Crippen molar-refractivity contribution >= 4 is 81.5 Å². The largest absolute Gasteiger partial charge is 0.466 e. The Balaban J connectivity index is 0. The summed E-state index contributed by atoms with van der Waals surface area (Å²) in [5.41, 5.74) is 0. The maximum absolute atomic E-state index is 10.4. The van der Waals surface area contributed by atoms with Gasteiger partial charge in [0.25, 0.3) is 7.59 Å². The van der Waals surface area contributed by atoms with Crippen LogP contribution in [0.3, 0.4) is 0 Å². The lowest BCUT2D eigenvalue weighted by molar-refractivity contribution is -0.142. The Morgan fingerprint density at radius 3 is 1.35 bits per heavy atom. The summed E-state index contributed by atoms with van der Waals surface area (Å²) in [7, 11) is 1.14. The van der Waals surface area contributed by atoms with Crippen molar-refractivity contribution in [3.05, 3.63) is 0 Å². The van der Waals surface area contributed by atoms with E-state index in [9.17, 15) is 9.59 Å². The lowest BCUT2D eigenvalue weighted by atomic mass is 10.7. The Morgan fingerprint density at radius 2 is 1.29 bits per heavy atom. The Bertz CT molecular complexity index is 256. The average Bonchev–Trinajstić information content (AvgIpc) is 2.15. The number of esters is 2. The molecule has 0 saturated carbocycles. The molecule has 0 N–H and O–H groups in total. The van der Waals surface area contributed by atoms with Crippen molar-refractivity contribution < 1.29 is 19.1 Å². The zero-order valence-electron chi connectivity index (χ0n) is 8.61. The second-order valence-electron chi connectivity index (χ2n) is 2.21. The lowest BCUT2D eigenvalue weighted by Crippen LogP contribution is -2.21. The molecule has 0 radical (unpaired) electrons. The van der Waals surface area contributed by atoms with Gasteiger partial charge in [0, 0.05) is 0 Å². The van der Waals surface area contributed by atoms with Crippen LogP contribution >= 0.6 is 69.6 Å². The molecule has 10 heteroatoms. The average molecular weight is 369 g/mol. The number of ether oxygens (including phenoxy) is 2. The molecule has 0 spiro atoms. The third kappa shape index (κ3) is 11.5. The fourth-order valence-corrected chi connectivity index (χ4v) is 0.724. The van der Waals surface area contributed by atoms with Crippen molar-refractivity contribution in [2.45, 2.75) is 14.5 Å². The summed E-state index contributed by atoms with van der Waals surface area (Å²) < 4.78 is 4.58. The molecule has 0 unspecified atom stereocenters. The van der Waals surface area contributed by atoms with Crippen LogP contribution in [0.5, 0.6) is 0 Å². The van der Waals surface area contributed by atoms with Crippen LogP contribution < -0.4 is 0 Å². The van der Waals surface area contributed by atoms with Crippen LogP contribution in [0.15, 0.2) is 0 Å². The molecule has 0 aromatic carbocycles. The predicted molar refractivity (Wildman–Crippen MR) is 69.2 cm³/mol. The van der Waals surface area contributed by atoms with Gasteiger partial charge in [0.05, 0.1) is 13.7 Å². The van der Waals surface area contributed by atoms with E-state index < -0.39 is 19.5 Å². The molecule has 0 fully saturated rings. The van der Waals surface area contributed by atoms with E-state index in [1.54, 1.807) is 6.92 Å². The van der Waals surface area contributed by atoms with Crippen LogP contribution in [-0.2, 0) is 19.1 Å². The summed E-state index contributed by atoms with van der Waals surface area (Å²) in [5, 5.41) is 0. The minimum atomic E-state index is -1.94. The zero-order chi connectivity index (χ0) is 14.3. The summed E-state index contributed by atoms with van der Waals surface area (Å²) >= 11 is 30.5. The molecule has 0 bridgehead atoms. The fourth-order valence-electron chi connectivity index (χ4n) is 0.329. The van der Waals surface area contributed by atoms with Crippen LogP contribution in [0.4, 0.5) is 0 Å². The predicted octanol–water partition coefficient (Wildman–Crippen LogP) is 3.45. The van der Waals surface area contributed by atoms with Crippen molar-refractivity contribution in [3.8, 4) is 0 Å². The highest BCUT2D eigenvalue weighted by Crippen LogP contribution is 2.27. The van der Waals surface area contributed by atoms with Gasteiger partial charge >= 0.3 is 11.9 Å². The van der Waals surface area contributed by atoms with Crippen molar-refractivity contribution in [2.75, 3.05) is 13.7 Å². The van der Waals surface area contributed by atoms with Crippen LogP contribution in [0.1, 0.15) is 6.92 Å². The van der Waals surface area contributed by atoms with Gasteiger partial charge in [0.15, 0.2) is 0 Å². The van der Waals surface area contributed by atoms with E-state index in [4.69, 9.17) is 69.6 Å². The molecule has 0 aromatic heterocycles. The quantitative estimate of drug-likeness (QED) is 0.525. The highest BCUT2D eigenvalue weighted by molar-refractivity contribution is 6.76. The molecular weight excluding hydrogens is 361 g/mol. The van der Waals surface area contributed by atoms with Crippen molar-refractivity contribution in [3.63, 3.8) is 0 Å². The molecule has 0 saturated heterocycles. The fraction of sp³-hybridized carbons (Fsp3) is 0.714. The molecule has 0 atom stereocenters. The number of carbonyl (C=O) groups excluding carboxylic acids is 2. The Morgan fingerprint density at radius 1 is 0.941 bits per heavy atom. The third-order valence-corrected chi connectivity index (χ3v) is 1.85. The normalized spacial score (nSPS) is 11.1. The highest BCUT2D eigenvalue weighted by atomic mass is 35.6. The maximum Gasteiger partial charge on any atom is 0.358 e. The summed E-state index contributed by atoms with van der Waals surface area (Å²) in [6.07, 6.45) is 0. The van der Waals surface area contributed by atoms with Gasteiger partial charge < -0.3 is 9.47 Å². The Kier molecular flexibility index (Phi) is 10.3. The number of methoxy groups -OCH3 is 1. The molecule has 17 heavy (non-hydrogen) atoms. The Hall–Kier alpha value is 0.680.